The lowest BCUT2D eigenvalue weighted by molar-refractivity contribution is -0.146. The molecule has 6 nitrogen and oxygen atoms in total. The van der Waals surface area contributed by atoms with Crippen molar-refractivity contribution in [2.24, 2.45) is 0 Å². The van der Waals surface area contributed by atoms with E-state index in [0.29, 0.717) is 6.54 Å². The van der Waals surface area contributed by atoms with Crippen molar-refractivity contribution in [2.45, 2.75) is 32.4 Å². The summed E-state index contributed by atoms with van der Waals surface area (Å²) >= 11 is 0. The summed E-state index contributed by atoms with van der Waals surface area (Å²) in [4.78, 5) is 39.6. The molecular formula is C22H24N2O4. The Morgan fingerprint density at radius 2 is 1.75 bits per heavy atom. The van der Waals surface area contributed by atoms with Crippen molar-refractivity contribution in [2.75, 3.05) is 13.1 Å². The molecular weight excluding hydrogens is 356 g/mol. The first-order chi connectivity index (χ1) is 13.5. The molecule has 2 aromatic carbocycles. The molecule has 1 aliphatic rings. The molecule has 1 aliphatic heterocycles. The predicted molar refractivity (Wildman–Crippen MR) is 104 cm³/mol. The second-order valence-electron chi connectivity index (χ2n) is 7.01. The molecule has 0 unspecified atom stereocenters. The summed E-state index contributed by atoms with van der Waals surface area (Å²) in [6, 6.07) is 16.7. The fourth-order valence-corrected chi connectivity index (χ4v) is 3.74. The molecule has 146 valence electrons. The van der Waals surface area contributed by atoms with Gasteiger partial charge in [-0.25, -0.2) is 0 Å². The van der Waals surface area contributed by atoms with E-state index in [1.165, 1.54) is 11.8 Å². The minimum atomic E-state index is -1.06. The van der Waals surface area contributed by atoms with Gasteiger partial charge in [0.15, 0.2) is 0 Å². The number of nitrogens with zero attached hydrogens (tertiary/aromatic N) is 2. The number of carboxylic acids is 1. The van der Waals surface area contributed by atoms with E-state index in [9.17, 15) is 19.5 Å². The molecule has 0 aromatic heterocycles. The van der Waals surface area contributed by atoms with Gasteiger partial charge in [-0.2, -0.15) is 0 Å². The monoisotopic (exact) mass is 380 g/mol. The first kappa shape index (κ1) is 19.6. The molecule has 6 heteroatoms. The smallest absolute Gasteiger partial charge is 0.323 e. The Balaban J connectivity index is 1.84. The van der Waals surface area contributed by atoms with Crippen LogP contribution >= 0.6 is 0 Å². The SMILES string of the molecule is CC(=O)N1CCc2ccccc2[C@@H]1CC(=O)N(CC(=O)O)Cc1ccccc1. The summed E-state index contributed by atoms with van der Waals surface area (Å²) in [5, 5.41) is 9.26. The Hall–Kier alpha value is -3.15. The highest BCUT2D eigenvalue weighted by Crippen LogP contribution is 2.33. The molecule has 28 heavy (non-hydrogen) atoms. The van der Waals surface area contributed by atoms with E-state index in [0.717, 1.165) is 23.1 Å². The summed E-state index contributed by atoms with van der Waals surface area (Å²) < 4.78 is 0. The van der Waals surface area contributed by atoms with Crippen LogP contribution in [0.1, 0.15) is 36.1 Å². The van der Waals surface area contributed by atoms with Crippen molar-refractivity contribution in [1.29, 1.82) is 0 Å². The van der Waals surface area contributed by atoms with E-state index in [2.05, 4.69) is 0 Å². The van der Waals surface area contributed by atoms with Crippen LogP contribution < -0.4 is 0 Å². The lowest BCUT2D eigenvalue weighted by Gasteiger charge is -2.37. The van der Waals surface area contributed by atoms with Crippen molar-refractivity contribution in [1.82, 2.24) is 9.80 Å². The maximum absolute atomic E-state index is 13.1. The largest absolute Gasteiger partial charge is 0.480 e. The molecule has 0 radical (unpaired) electrons. The van der Waals surface area contributed by atoms with Crippen molar-refractivity contribution in [3.8, 4) is 0 Å². The molecule has 1 atom stereocenters. The maximum atomic E-state index is 13.1. The number of carbonyl (C=O) groups excluding carboxylic acids is 2. The third-order valence-electron chi connectivity index (χ3n) is 5.08. The summed E-state index contributed by atoms with van der Waals surface area (Å²) in [6.07, 6.45) is 0.819. The Morgan fingerprint density at radius 3 is 2.43 bits per heavy atom. The second kappa shape index (κ2) is 8.69. The van der Waals surface area contributed by atoms with Crippen LogP contribution in [0.15, 0.2) is 54.6 Å². The molecule has 0 saturated carbocycles. The fraction of sp³-hybridized carbons (Fsp3) is 0.318. The third kappa shape index (κ3) is 4.57. The number of carbonyl (C=O) groups is 3. The average Bonchev–Trinajstić information content (AvgIpc) is 2.68. The fourth-order valence-electron chi connectivity index (χ4n) is 3.74. The summed E-state index contributed by atoms with van der Waals surface area (Å²) in [6.45, 7) is 1.91. The van der Waals surface area contributed by atoms with Gasteiger partial charge in [0.1, 0.15) is 6.54 Å². The van der Waals surface area contributed by atoms with Gasteiger partial charge in [0, 0.05) is 20.0 Å². The molecule has 0 aliphatic carbocycles. The van der Waals surface area contributed by atoms with E-state index in [4.69, 9.17) is 0 Å². The van der Waals surface area contributed by atoms with Crippen molar-refractivity contribution in [3.63, 3.8) is 0 Å². The van der Waals surface area contributed by atoms with E-state index >= 15 is 0 Å². The first-order valence-corrected chi connectivity index (χ1v) is 9.34. The van der Waals surface area contributed by atoms with E-state index in [1.807, 2.05) is 54.6 Å². The van der Waals surface area contributed by atoms with Gasteiger partial charge < -0.3 is 14.9 Å². The summed E-state index contributed by atoms with van der Waals surface area (Å²) in [5.74, 6) is -1.42. The Morgan fingerprint density at radius 1 is 1.07 bits per heavy atom. The number of rotatable bonds is 6. The van der Waals surface area contributed by atoms with E-state index < -0.39 is 5.97 Å². The van der Waals surface area contributed by atoms with E-state index in [-0.39, 0.29) is 37.4 Å². The van der Waals surface area contributed by atoms with Gasteiger partial charge >= 0.3 is 5.97 Å². The number of carboxylic acid groups (broad SMARTS) is 1. The van der Waals surface area contributed by atoms with Crippen molar-refractivity contribution >= 4 is 17.8 Å². The highest BCUT2D eigenvalue weighted by molar-refractivity contribution is 5.83. The highest BCUT2D eigenvalue weighted by Gasteiger charge is 2.32. The second-order valence-corrected chi connectivity index (χ2v) is 7.01. The molecule has 3 rings (SSSR count). The lowest BCUT2D eigenvalue weighted by Crippen LogP contribution is -2.43. The topological polar surface area (TPSA) is 77.9 Å². The van der Waals surface area contributed by atoms with Gasteiger partial charge in [0.05, 0.1) is 12.5 Å². The average molecular weight is 380 g/mol. The quantitative estimate of drug-likeness (QED) is 0.836. The zero-order valence-corrected chi connectivity index (χ0v) is 15.9. The molecule has 1 heterocycles. The number of hydrogen-bond donors (Lipinski definition) is 1. The zero-order valence-electron chi connectivity index (χ0n) is 15.9. The standard InChI is InChI=1S/C22H24N2O4/c1-16(25)24-12-11-18-9-5-6-10-19(18)20(24)13-21(26)23(15-22(27)28)14-17-7-3-2-4-8-17/h2-10,20H,11-15H2,1H3,(H,27,28)/t20-/m0/s1. The minimum absolute atomic E-state index is 0.0662. The molecule has 0 spiro atoms. The highest BCUT2D eigenvalue weighted by atomic mass is 16.4. The van der Waals surface area contributed by atoms with Crippen LogP contribution in [-0.2, 0) is 27.3 Å². The van der Waals surface area contributed by atoms with Crippen LogP contribution in [-0.4, -0.2) is 45.8 Å². The van der Waals surface area contributed by atoms with Crippen LogP contribution in [0.25, 0.3) is 0 Å². The van der Waals surface area contributed by atoms with Crippen molar-refractivity contribution < 1.29 is 19.5 Å². The number of benzene rings is 2. The van der Waals surface area contributed by atoms with Gasteiger partial charge in [-0.05, 0) is 23.1 Å². The van der Waals surface area contributed by atoms with Gasteiger partial charge in [-0.1, -0.05) is 54.6 Å². The zero-order chi connectivity index (χ0) is 20.1. The summed E-state index contributed by atoms with van der Waals surface area (Å²) in [7, 11) is 0. The molecule has 2 aromatic rings. The van der Waals surface area contributed by atoms with Gasteiger partial charge in [0.25, 0.3) is 0 Å². The van der Waals surface area contributed by atoms with E-state index in [1.54, 1.807) is 4.90 Å². The summed E-state index contributed by atoms with van der Waals surface area (Å²) in [5.41, 5.74) is 2.96. The Labute approximate surface area is 164 Å². The van der Waals surface area contributed by atoms with Crippen LogP contribution in [0.5, 0.6) is 0 Å². The number of hydrogen-bond acceptors (Lipinski definition) is 3. The molecule has 0 saturated heterocycles. The number of aliphatic carboxylic acids is 1. The van der Waals surface area contributed by atoms with Gasteiger partial charge in [-0.3, -0.25) is 14.4 Å². The Kier molecular flexibility index (Phi) is 6.09. The normalized spacial score (nSPS) is 15.6. The van der Waals surface area contributed by atoms with Crippen LogP contribution in [0.2, 0.25) is 0 Å². The van der Waals surface area contributed by atoms with Crippen LogP contribution in [0.3, 0.4) is 0 Å². The van der Waals surface area contributed by atoms with Gasteiger partial charge in [0.2, 0.25) is 11.8 Å². The van der Waals surface area contributed by atoms with Crippen LogP contribution in [0, 0.1) is 0 Å². The molecule has 0 fully saturated rings. The molecule has 1 N–H and O–H groups in total. The molecule has 0 bridgehead atoms. The lowest BCUT2D eigenvalue weighted by atomic mass is 9.90. The molecule has 2 amide bonds. The third-order valence-corrected chi connectivity index (χ3v) is 5.08. The number of fused-ring (bicyclic) bond motifs is 1. The van der Waals surface area contributed by atoms with Crippen molar-refractivity contribution in [3.05, 3.63) is 71.3 Å². The Bertz CT molecular complexity index is 866. The van der Waals surface area contributed by atoms with Gasteiger partial charge in [-0.15, -0.1) is 0 Å². The number of amides is 2. The van der Waals surface area contributed by atoms with Crippen LogP contribution in [0.4, 0.5) is 0 Å². The minimum Gasteiger partial charge on any atom is -0.480 e. The first-order valence-electron chi connectivity index (χ1n) is 9.34. The maximum Gasteiger partial charge on any atom is 0.323 e. The predicted octanol–water partition coefficient (Wildman–Crippen LogP) is 2.64.